The van der Waals surface area contributed by atoms with Crippen molar-refractivity contribution in [3.63, 3.8) is 0 Å². The predicted molar refractivity (Wildman–Crippen MR) is 71.7 cm³/mol. The fourth-order valence-electron chi connectivity index (χ4n) is 1.75. The number of amides is 1. The van der Waals surface area contributed by atoms with Crippen LogP contribution in [0.15, 0.2) is 60.7 Å². The highest BCUT2D eigenvalue weighted by atomic mass is 16.1. The minimum Gasteiger partial charge on any atom is -0.337 e. The third-order valence-electron chi connectivity index (χ3n) is 2.68. The summed E-state index contributed by atoms with van der Waals surface area (Å²) in [6.45, 7) is 0. The SMILES string of the molecule is NC(NC(=O)Cc1ccccc1)c1ccccc1. The van der Waals surface area contributed by atoms with Crippen molar-refractivity contribution in [2.75, 3.05) is 0 Å². The zero-order valence-corrected chi connectivity index (χ0v) is 10.0. The molecule has 0 spiro atoms. The highest BCUT2D eigenvalue weighted by Gasteiger charge is 2.09. The van der Waals surface area contributed by atoms with Gasteiger partial charge in [-0.25, -0.2) is 0 Å². The molecular weight excluding hydrogens is 224 g/mol. The Morgan fingerprint density at radius 3 is 2.17 bits per heavy atom. The zero-order chi connectivity index (χ0) is 12.8. The number of carbonyl (C=O) groups excluding carboxylic acids is 1. The van der Waals surface area contributed by atoms with Gasteiger partial charge in [-0.05, 0) is 11.1 Å². The molecule has 0 aromatic heterocycles. The zero-order valence-electron chi connectivity index (χ0n) is 10.0. The quantitative estimate of drug-likeness (QED) is 0.803. The Hall–Kier alpha value is -2.13. The lowest BCUT2D eigenvalue weighted by Gasteiger charge is -2.14. The lowest BCUT2D eigenvalue weighted by Crippen LogP contribution is -2.34. The van der Waals surface area contributed by atoms with Gasteiger partial charge in [0.2, 0.25) is 5.91 Å². The van der Waals surface area contributed by atoms with E-state index >= 15 is 0 Å². The van der Waals surface area contributed by atoms with Crippen LogP contribution < -0.4 is 11.1 Å². The van der Waals surface area contributed by atoms with E-state index in [1.165, 1.54) is 0 Å². The number of nitrogens with one attached hydrogen (secondary N) is 1. The maximum atomic E-state index is 11.8. The first kappa shape index (κ1) is 12.3. The van der Waals surface area contributed by atoms with Crippen LogP contribution in [0, 0.1) is 0 Å². The van der Waals surface area contributed by atoms with E-state index in [0.29, 0.717) is 6.42 Å². The van der Waals surface area contributed by atoms with Gasteiger partial charge in [-0.15, -0.1) is 0 Å². The number of carbonyl (C=O) groups is 1. The monoisotopic (exact) mass is 240 g/mol. The minimum atomic E-state index is -0.456. The third kappa shape index (κ3) is 3.43. The van der Waals surface area contributed by atoms with E-state index in [2.05, 4.69) is 5.32 Å². The van der Waals surface area contributed by atoms with E-state index in [4.69, 9.17) is 5.73 Å². The standard InChI is InChI=1S/C15H16N2O/c16-15(13-9-5-2-6-10-13)17-14(18)11-12-7-3-1-4-8-12/h1-10,15H,11,16H2,(H,17,18). The molecule has 0 radical (unpaired) electrons. The second kappa shape index (κ2) is 5.98. The summed E-state index contributed by atoms with van der Waals surface area (Å²) >= 11 is 0. The van der Waals surface area contributed by atoms with Crippen LogP contribution in [0.2, 0.25) is 0 Å². The molecule has 3 nitrogen and oxygen atoms in total. The van der Waals surface area contributed by atoms with Gasteiger partial charge in [0.05, 0.1) is 6.42 Å². The predicted octanol–water partition coefficient (Wildman–Crippen LogP) is 2.00. The van der Waals surface area contributed by atoms with E-state index < -0.39 is 6.17 Å². The fraction of sp³-hybridized carbons (Fsp3) is 0.133. The Balaban J connectivity index is 1.92. The van der Waals surface area contributed by atoms with Crippen LogP contribution >= 0.6 is 0 Å². The summed E-state index contributed by atoms with van der Waals surface area (Å²) in [5, 5.41) is 2.78. The largest absolute Gasteiger partial charge is 0.337 e. The average molecular weight is 240 g/mol. The smallest absolute Gasteiger partial charge is 0.225 e. The number of rotatable bonds is 4. The minimum absolute atomic E-state index is 0.0717. The molecule has 18 heavy (non-hydrogen) atoms. The van der Waals surface area contributed by atoms with Crippen molar-refractivity contribution in [3.8, 4) is 0 Å². The van der Waals surface area contributed by atoms with Crippen molar-refractivity contribution >= 4 is 5.91 Å². The Labute approximate surface area is 107 Å². The summed E-state index contributed by atoms with van der Waals surface area (Å²) in [7, 11) is 0. The maximum absolute atomic E-state index is 11.8. The molecule has 0 saturated heterocycles. The Morgan fingerprint density at radius 2 is 1.56 bits per heavy atom. The highest BCUT2D eigenvalue weighted by molar-refractivity contribution is 5.78. The van der Waals surface area contributed by atoms with Gasteiger partial charge in [-0.2, -0.15) is 0 Å². The van der Waals surface area contributed by atoms with Gasteiger partial charge >= 0.3 is 0 Å². The van der Waals surface area contributed by atoms with Gasteiger partial charge in [0.25, 0.3) is 0 Å². The summed E-state index contributed by atoms with van der Waals surface area (Å²) in [6.07, 6.45) is -0.108. The lowest BCUT2D eigenvalue weighted by atomic mass is 10.1. The first-order valence-electron chi connectivity index (χ1n) is 5.89. The van der Waals surface area contributed by atoms with Crippen LogP contribution in [0.1, 0.15) is 17.3 Å². The van der Waals surface area contributed by atoms with E-state index in [9.17, 15) is 4.79 Å². The molecule has 0 aliphatic rings. The molecule has 1 amide bonds. The number of nitrogens with two attached hydrogens (primary N) is 1. The fourth-order valence-corrected chi connectivity index (χ4v) is 1.75. The molecule has 3 N–H and O–H groups in total. The van der Waals surface area contributed by atoms with Crippen LogP contribution in [-0.4, -0.2) is 5.91 Å². The van der Waals surface area contributed by atoms with Gasteiger partial charge in [-0.3, -0.25) is 4.79 Å². The molecular formula is C15H16N2O. The number of benzene rings is 2. The van der Waals surface area contributed by atoms with Gasteiger partial charge in [-0.1, -0.05) is 60.7 Å². The number of hydrogen-bond donors (Lipinski definition) is 2. The average Bonchev–Trinajstić information content (AvgIpc) is 2.40. The van der Waals surface area contributed by atoms with E-state index in [-0.39, 0.29) is 5.91 Å². The van der Waals surface area contributed by atoms with Crippen molar-refractivity contribution in [2.45, 2.75) is 12.6 Å². The van der Waals surface area contributed by atoms with Crippen LogP contribution in [0.4, 0.5) is 0 Å². The molecule has 1 unspecified atom stereocenters. The molecule has 3 heteroatoms. The van der Waals surface area contributed by atoms with Crippen molar-refractivity contribution in [3.05, 3.63) is 71.8 Å². The number of hydrogen-bond acceptors (Lipinski definition) is 2. The van der Waals surface area contributed by atoms with Gasteiger partial charge in [0.15, 0.2) is 0 Å². The van der Waals surface area contributed by atoms with Gasteiger partial charge in [0, 0.05) is 0 Å². The summed E-state index contributed by atoms with van der Waals surface area (Å²) in [6, 6.07) is 19.1. The van der Waals surface area contributed by atoms with Gasteiger partial charge in [0.1, 0.15) is 6.17 Å². The molecule has 0 aliphatic heterocycles. The maximum Gasteiger partial charge on any atom is 0.225 e. The molecule has 0 aliphatic carbocycles. The Kier molecular flexibility index (Phi) is 4.10. The van der Waals surface area contributed by atoms with Crippen molar-refractivity contribution in [1.82, 2.24) is 5.32 Å². The van der Waals surface area contributed by atoms with Crippen molar-refractivity contribution < 1.29 is 4.79 Å². The molecule has 92 valence electrons. The molecule has 2 aromatic rings. The Bertz CT molecular complexity index is 496. The first-order chi connectivity index (χ1) is 8.75. The van der Waals surface area contributed by atoms with Crippen molar-refractivity contribution in [1.29, 1.82) is 0 Å². The summed E-state index contributed by atoms with van der Waals surface area (Å²) in [5.74, 6) is -0.0717. The van der Waals surface area contributed by atoms with Crippen molar-refractivity contribution in [2.24, 2.45) is 5.73 Å². The second-order valence-electron chi connectivity index (χ2n) is 4.12. The van der Waals surface area contributed by atoms with E-state index in [0.717, 1.165) is 11.1 Å². The van der Waals surface area contributed by atoms with E-state index in [1.54, 1.807) is 0 Å². The van der Waals surface area contributed by atoms with Gasteiger partial charge < -0.3 is 11.1 Å². The Morgan fingerprint density at radius 1 is 1.00 bits per heavy atom. The highest BCUT2D eigenvalue weighted by Crippen LogP contribution is 2.07. The molecule has 0 fully saturated rings. The van der Waals surface area contributed by atoms with Crippen LogP contribution in [0.25, 0.3) is 0 Å². The topological polar surface area (TPSA) is 55.1 Å². The van der Waals surface area contributed by atoms with E-state index in [1.807, 2.05) is 60.7 Å². The first-order valence-corrected chi connectivity index (χ1v) is 5.89. The molecule has 0 saturated carbocycles. The summed E-state index contributed by atoms with van der Waals surface area (Å²) < 4.78 is 0. The molecule has 0 bridgehead atoms. The lowest BCUT2D eigenvalue weighted by molar-refractivity contribution is -0.121. The summed E-state index contributed by atoms with van der Waals surface area (Å²) in [5.41, 5.74) is 7.80. The summed E-state index contributed by atoms with van der Waals surface area (Å²) in [4.78, 5) is 11.8. The molecule has 1 atom stereocenters. The van der Waals surface area contributed by atoms with Crippen LogP contribution in [0.3, 0.4) is 0 Å². The molecule has 2 aromatic carbocycles. The third-order valence-corrected chi connectivity index (χ3v) is 2.68. The van der Waals surface area contributed by atoms with Crippen LogP contribution in [0.5, 0.6) is 0 Å². The normalized spacial score (nSPS) is 11.8. The van der Waals surface area contributed by atoms with Crippen LogP contribution in [-0.2, 0) is 11.2 Å². The molecule has 0 heterocycles. The molecule has 2 rings (SSSR count). The second-order valence-corrected chi connectivity index (χ2v) is 4.12.